The van der Waals surface area contributed by atoms with E-state index < -0.39 is 0 Å². The Morgan fingerprint density at radius 2 is 2.14 bits per heavy atom. The highest BCUT2D eigenvalue weighted by Gasteiger charge is 2.20. The number of hydrogen-bond donors (Lipinski definition) is 1. The van der Waals surface area contributed by atoms with Crippen molar-refractivity contribution >= 4 is 0 Å². The second-order valence-corrected chi connectivity index (χ2v) is 3.39. The van der Waals surface area contributed by atoms with Gasteiger partial charge in [-0.1, -0.05) is 18.2 Å². The van der Waals surface area contributed by atoms with Crippen molar-refractivity contribution in [2.24, 2.45) is 0 Å². The van der Waals surface area contributed by atoms with Crippen LogP contribution in [0, 0.1) is 0 Å². The summed E-state index contributed by atoms with van der Waals surface area (Å²) in [5, 5.41) is 9.63. The van der Waals surface area contributed by atoms with Crippen LogP contribution < -0.4 is 5.43 Å². The van der Waals surface area contributed by atoms with Gasteiger partial charge in [0.2, 0.25) is 5.43 Å². The monoisotopic (exact) mass is 192 g/mol. The molecule has 1 saturated heterocycles. The lowest BCUT2D eigenvalue weighted by molar-refractivity contribution is 0.110. The molecule has 3 heteroatoms. The Morgan fingerprint density at radius 1 is 1.36 bits per heavy atom. The van der Waals surface area contributed by atoms with Gasteiger partial charge in [-0.2, -0.15) is 0 Å². The number of ether oxygens (including phenoxy) is 1. The Bertz CT molecular complexity index is 381. The first-order valence-electron chi connectivity index (χ1n) is 4.73. The molecule has 0 unspecified atom stereocenters. The zero-order chi connectivity index (χ0) is 9.97. The highest BCUT2D eigenvalue weighted by atomic mass is 16.5. The van der Waals surface area contributed by atoms with E-state index in [0.717, 1.165) is 12.8 Å². The molecule has 0 radical (unpaired) electrons. The van der Waals surface area contributed by atoms with Gasteiger partial charge in [-0.15, -0.1) is 0 Å². The van der Waals surface area contributed by atoms with Gasteiger partial charge in [0.05, 0.1) is 6.10 Å². The number of hydrogen-bond acceptors (Lipinski definition) is 3. The van der Waals surface area contributed by atoms with Crippen LogP contribution in [0.1, 0.15) is 24.5 Å². The summed E-state index contributed by atoms with van der Waals surface area (Å²) in [6.45, 7) is 0.705. The molecule has 0 aromatic heterocycles. The van der Waals surface area contributed by atoms with E-state index in [0.29, 0.717) is 12.2 Å². The Morgan fingerprint density at radius 3 is 2.86 bits per heavy atom. The van der Waals surface area contributed by atoms with E-state index in [-0.39, 0.29) is 17.3 Å². The molecule has 3 nitrogen and oxygen atoms in total. The molecule has 1 aromatic rings. The summed E-state index contributed by atoms with van der Waals surface area (Å²) in [5.41, 5.74) is 0.262. The molecule has 1 heterocycles. The standard InChI is InChI=1S/C11H12O3/c12-9-5-2-1-4-8(11(9)13)10-6-3-7-14-10/h1-2,4-5,10H,3,6-7H2,(H,12,13)/t10-/m0/s1. The van der Waals surface area contributed by atoms with Crippen LogP contribution in [0.15, 0.2) is 29.1 Å². The van der Waals surface area contributed by atoms with Crippen LogP contribution in [0.25, 0.3) is 0 Å². The highest BCUT2D eigenvalue weighted by Crippen LogP contribution is 2.31. The maximum Gasteiger partial charge on any atom is 0.220 e. The summed E-state index contributed by atoms with van der Waals surface area (Å²) in [7, 11) is 0. The smallest absolute Gasteiger partial charge is 0.220 e. The minimum atomic E-state index is -0.347. The second-order valence-electron chi connectivity index (χ2n) is 3.39. The Kier molecular flexibility index (Phi) is 2.50. The predicted molar refractivity (Wildman–Crippen MR) is 52.3 cm³/mol. The molecular weight excluding hydrogens is 180 g/mol. The van der Waals surface area contributed by atoms with E-state index >= 15 is 0 Å². The van der Waals surface area contributed by atoms with Crippen molar-refractivity contribution in [3.8, 4) is 5.75 Å². The van der Waals surface area contributed by atoms with Crippen molar-refractivity contribution in [1.29, 1.82) is 0 Å². The van der Waals surface area contributed by atoms with Gasteiger partial charge in [0.25, 0.3) is 0 Å². The van der Waals surface area contributed by atoms with Gasteiger partial charge in [-0.25, -0.2) is 0 Å². The molecule has 1 aliphatic rings. The molecular formula is C11H12O3. The lowest BCUT2D eigenvalue weighted by atomic mass is 10.1. The van der Waals surface area contributed by atoms with Crippen LogP contribution in [-0.4, -0.2) is 11.7 Å². The van der Waals surface area contributed by atoms with Gasteiger partial charge in [-0.3, -0.25) is 4.79 Å². The molecule has 0 amide bonds. The predicted octanol–water partition coefficient (Wildman–Crippen LogP) is 1.60. The first-order chi connectivity index (χ1) is 6.79. The van der Waals surface area contributed by atoms with Crippen molar-refractivity contribution in [2.75, 3.05) is 6.61 Å². The van der Waals surface area contributed by atoms with Gasteiger partial charge in [0, 0.05) is 12.2 Å². The van der Waals surface area contributed by atoms with Crippen molar-refractivity contribution in [3.05, 3.63) is 40.1 Å². The van der Waals surface area contributed by atoms with Gasteiger partial charge in [-0.05, 0) is 18.9 Å². The van der Waals surface area contributed by atoms with Crippen molar-refractivity contribution in [2.45, 2.75) is 18.9 Å². The van der Waals surface area contributed by atoms with E-state index in [1.54, 1.807) is 18.2 Å². The molecule has 74 valence electrons. The third kappa shape index (κ3) is 1.63. The molecule has 0 bridgehead atoms. The molecule has 1 N–H and O–H groups in total. The van der Waals surface area contributed by atoms with Crippen molar-refractivity contribution < 1.29 is 9.84 Å². The van der Waals surface area contributed by atoms with Crippen LogP contribution in [0.4, 0.5) is 0 Å². The normalized spacial score (nSPS) is 21.0. The summed E-state index contributed by atoms with van der Waals surface area (Å²) in [4.78, 5) is 11.3. The van der Waals surface area contributed by atoms with Gasteiger partial charge in [0.1, 0.15) is 0 Å². The van der Waals surface area contributed by atoms with Crippen LogP contribution in [0.2, 0.25) is 0 Å². The number of rotatable bonds is 1. The van der Waals surface area contributed by atoms with E-state index in [2.05, 4.69) is 0 Å². The quantitative estimate of drug-likeness (QED) is 0.735. The molecule has 1 aromatic carbocycles. The lowest BCUT2D eigenvalue weighted by Gasteiger charge is -2.08. The Balaban J connectivity index is 2.47. The summed E-state index contributed by atoms with van der Waals surface area (Å²) in [6.07, 6.45) is 1.74. The first kappa shape index (κ1) is 9.21. The lowest BCUT2D eigenvalue weighted by Crippen LogP contribution is -2.01. The molecule has 2 rings (SSSR count). The highest BCUT2D eigenvalue weighted by molar-refractivity contribution is 5.32. The average Bonchev–Trinajstić information content (AvgIpc) is 2.64. The third-order valence-electron chi connectivity index (χ3n) is 2.42. The van der Waals surface area contributed by atoms with E-state index in [4.69, 9.17) is 4.74 Å². The zero-order valence-corrected chi connectivity index (χ0v) is 7.77. The fourth-order valence-electron chi connectivity index (χ4n) is 1.69. The third-order valence-corrected chi connectivity index (χ3v) is 2.42. The van der Waals surface area contributed by atoms with Crippen molar-refractivity contribution in [1.82, 2.24) is 0 Å². The van der Waals surface area contributed by atoms with E-state index in [1.165, 1.54) is 6.07 Å². The largest absolute Gasteiger partial charge is 0.504 e. The minimum Gasteiger partial charge on any atom is -0.504 e. The van der Waals surface area contributed by atoms with Crippen LogP contribution in [-0.2, 0) is 4.74 Å². The van der Waals surface area contributed by atoms with Crippen molar-refractivity contribution in [3.63, 3.8) is 0 Å². The first-order valence-corrected chi connectivity index (χ1v) is 4.73. The fraction of sp³-hybridized carbons (Fsp3) is 0.364. The maximum atomic E-state index is 11.3. The summed E-state index contributed by atoms with van der Waals surface area (Å²) < 4.78 is 5.42. The molecule has 1 atom stereocenters. The van der Waals surface area contributed by atoms with Gasteiger partial charge >= 0.3 is 0 Å². The number of aromatic hydroxyl groups is 1. The molecule has 0 saturated carbocycles. The minimum absolute atomic E-state index is 0.116. The average molecular weight is 192 g/mol. The zero-order valence-electron chi connectivity index (χ0n) is 7.77. The van der Waals surface area contributed by atoms with Crippen LogP contribution >= 0.6 is 0 Å². The van der Waals surface area contributed by atoms with E-state index in [9.17, 15) is 9.90 Å². The summed E-state index contributed by atoms with van der Waals surface area (Å²) in [6, 6.07) is 6.47. The topological polar surface area (TPSA) is 46.5 Å². The summed E-state index contributed by atoms with van der Waals surface area (Å²) >= 11 is 0. The Labute approximate surface area is 82.0 Å². The Hall–Kier alpha value is -1.35. The molecule has 0 spiro atoms. The molecule has 1 fully saturated rings. The second kappa shape index (κ2) is 3.80. The maximum absolute atomic E-state index is 11.3. The van der Waals surface area contributed by atoms with Crippen LogP contribution in [0.5, 0.6) is 5.75 Å². The molecule has 14 heavy (non-hydrogen) atoms. The van der Waals surface area contributed by atoms with Crippen LogP contribution in [0.3, 0.4) is 0 Å². The van der Waals surface area contributed by atoms with Gasteiger partial charge < -0.3 is 9.84 Å². The summed E-state index contributed by atoms with van der Waals surface area (Å²) in [5.74, 6) is -0.179. The van der Waals surface area contributed by atoms with Gasteiger partial charge in [0.15, 0.2) is 5.75 Å². The molecule has 0 aliphatic carbocycles. The molecule has 1 aliphatic heterocycles. The SMILES string of the molecule is O=c1ccccc([C@@H]2CCCO2)c1O. The van der Waals surface area contributed by atoms with E-state index in [1.807, 2.05) is 0 Å². The fourth-order valence-corrected chi connectivity index (χ4v) is 1.69.